The van der Waals surface area contributed by atoms with Crippen molar-refractivity contribution < 1.29 is 0 Å². The third-order valence-electron chi connectivity index (χ3n) is 1.90. The fourth-order valence-corrected chi connectivity index (χ4v) is 1.25. The maximum absolute atomic E-state index is 5.50. The molecule has 0 spiro atoms. The Kier molecular flexibility index (Phi) is 2.64. The Labute approximate surface area is 87.4 Å². The van der Waals surface area contributed by atoms with Gasteiger partial charge in [-0.05, 0) is 19.1 Å². The highest BCUT2D eigenvalue weighted by molar-refractivity contribution is 5.52. The van der Waals surface area contributed by atoms with Gasteiger partial charge in [0.05, 0.1) is 6.54 Å². The first-order valence-corrected chi connectivity index (χ1v) is 4.61. The summed E-state index contributed by atoms with van der Waals surface area (Å²) in [5.74, 6) is 1.89. The standard InChI is InChI=1S/C10H11N5/c1-7-13-9(5-11)15-10(14-7)8-3-2-4-12-6-8/h2-4,6H,5,11H2,1H3. The van der Waals surface area contributed by atoms with E-state index in [9.17, 15) is 0 Å². The normalized spacial score (nSPS) is 10.3. The van der Waals surface area contributed by atoms with Gasteiger partial charge in [-0.25, -0.2) is 15.0 Å². The molecular weight excluding hydrogens is 190 g/mol. The monoisotopic (exact) mass is 201 g/mol. The molecule has 0 unspecified atom stereocenters. The average Bonchev–Trinajstić information content (AvgIpc) is 2.29. The molecular formula is C10H11N5. The van der Waals surface area contributed by atoms with Gasteiger partial charge in [0, 0.05) is 18.0 Å². The largest absolute Gasteiger partial charge is 0.324 e. The van der Waals surface area contributed by atoms with E-state index in [1.807, 2.05) is 19.1 Å². The molecule has 0 aliphatic rings. The quantitative estimate of drug-likeness (QED) is 0.773. The summed E-state index contributed by atoms with van der Waals surface area (Å²) in [5, 5.41) is 0. The number of rotatable bonds is 2. The van der Waals surface area contributed by atoms with Crippen molar-refractivity contribution in [1.82, 2.24) is 19.9 Å². The van der Waals surface area contributed by atoms with Crippen LogP contribution in [0.5, 0.6) is 0 Å². The molecule has 0 aliphatic heterocycles. The van der Waals surface area contributed by atoms with Crippen molar-refractivity contribution >= 4 is 0 Å². The topological polar surface area (TPSA) is 77.6 Å². The zero-order chi connectivity index (χ0) is 10.7. The molecule has 0 amide bonds. The molecule has 2 aromatic heterocycles. The lowest BCUT2D eigenvalue weighted by molar-refractivity contribution is 0.851. The van der Waals surface area contributed by atoms with E-state index in [0.717, 1.165) is 5.56 Å². The second-order valence-corrected chi connectivity index (χ2v) is 3.07. The van der Waals surface area contributed by atoms with Crippen LogP contribution in [0.3, 0.4) is 0 Å². The summed E-state index contributed by atoms with van der Waals surface area (Å²) in [6.45, 7) is 2.14. The number of aryl methyl sites for hydroxylation is 1. The van der Waals surface area contributed by atoms with Crippen molar-refractivity contribution in [2.24, 2.45) is 5.73 Å². The summed E-state index contributed by atoms with van der Waals surface area (Å²) >= 11 is 0. The summed E-state index contributed by atoms with van der Waals surface area (Å²) in [6.07, 6.45) is 3.43. The predicted octanol–water partition coefficient (Wildman–Crippen LogP) is 0.701. The van der Waals surface area contributed by atoms with Crippen LogP contribution in [0.4, 0.5) is 0 Å². The molecule has 0 aromatic carbocycles. The lowest BCUT2D eigenvalue weighted by Crippen LogP contribution is -2.07. The van der Waals surface area contributed by atoms with Gasteiger partial charge in [-0.15, -0.1) is 0 Å². The van der Waals surface area contributed by atoms with Crippen molar-refractivity contribution in [2.45, 2.75) is 13.5 Å². The Morgan fingerprint density at radius 1 is 1.27 bits per heavy atom. The van der Waals surface area contributed by atoms with Gasteiger partial charge in [-0.3, -0.25) is 4.98 Å². The first-order valence-electron chi connectivity index (χ1n) is 4.61. The minimum Gasteiger partial charge on any atom is -0.324 e. The van der Waals surface area contributed by atoms with E-state index in [2.05, 4.69) is 19.9 Å². The zero-order valence-corrected chi connectivity index (χ0v) is 8.38. The van der Waals surface area contributed by atoms with Crippen LogP contribution in [0.2, 0.25) is 0 Å². The predicted molar refractivity (Wildman–Crippen MR) is 55.7 cm³/mol. The van der Waals surface area contributed by atoms with E-state index in [0.29, 0.717) is 24.0 Å². The smallest absolute Gasteiger partial charge is 0.164 e. The third-order valence-corrected chi connectivity index (χ3v) is 1.90. The maximum atomic E-state index is 5.50. The van der Waals surface area contributed by atoms with Gasteiger partial charge in [0.25, 0.3) is 0 Å². The molecule has 2 rings (SSSR count). The molecule has 15 heavy (non-hydrogen) atoms. The van der Waals surface area contributed by atoms with Gasteiger partial charge < -0.3 is 5.73 Å². The molecule has 2 N–H and O–H groups in total. The number of nitrogens with zero attached hydrogens (tertiary/aromatic N) is 4. The fraction of sp³-hybridized carbons (Fsp3) is 0.200. The number of nitrogens with two attached hydrogens (primary N) is 1. The summed E-state index contributed by atoms with van der Waals surface area (Å²) < 4.78 is 0. The Balaban J connectivity index is 2.49. The van der Waals surface area contributed by atoms with Crippen LogP contribution in [-0.2, 0) is 6.54 Å². The third kappa shape index (κ3) is 2.13. The van der Waals surface area contributed by atoms with Crippen LogP contribution < -0.4 is 5.73 Å². The number of aromatic nitrogens is 4. The van der Waals surface area contributed by atoms with Crippen molar-refractivity contribution in [3.8, 4) is 11.4 Å². The van der Waals surface area contributed by atoms with Crippen molar-refractivity contribution in [1.29, 1.82) is 0 Å². The first-order chi connectivity index (χ1) is 7.29. The molecule has 76 valence electrons. The molecule has 0 radical (unpaired) electrons. The van der Waals surface area contributed by atoms with Crippen LogP contribution in [0.15, 0.2) is 24.5 Å². The Hall–Kier alpha value is -1.88. The summed E-state index contributed by atoms with van der Waals surface area (Å²) in [4.78, 5) is 16.6. The van der Waals surface area contributed by atoms with Gasteiger partial charge in [0.1, 0.15) is 11.6 Å². The Morgan fingerprint density at radius 3 is 2.80 bits per heavy atom. The first kappa shape index (κ1) is 9.67. The van der Waals surface area contributed by atoms with E-state index in [1.54, 1.807) is 12.4 Å². The van der Waals surface area contributed by atoms with Crippen LogP contribution in [0, 0.1) is 6.92 Å². The molecule has 5 nitrogen and oxygen atoms in total. The molecule has 0 fully saturated rings. The van der Waals surface area contributed by atoms with Gasteiger partial charge in [0.15, 0.2) is 5.82 Å². The number of hydrogen-bond donors (Lipinski definition) is 1. The van der Waals surface area contributed by atoms with Crippen LogP contribution in [0.25, 0.3) is 11.4 Å². The van der Waals surface area contributed by atoms with Gasteiger partial charge in [0.2, 0.25) is 0 Å². The Morgan fingerprint density at radius 2 is 2.13 bits per heavy atom. The molecule has 2 heterocycles. The van der Waals surface area contributed by atoms with Gasteiger partial charge >= 0.3 is 0 Å². The summed E-state index contributed by atoms with van der Waals surface area (Å²) in [6, 6.07) is 3.75. The van der Waals surface area contributed by atoms with E-state index < -0.39 is 0 Å². The highest BCUT2D eigenvalue weighted by atomic mass is 15.0. The SMILES string of the molecule is Cc1nc(CN)nc(-c2cccnc2)n1. The molecule has 0 bridgehead atoms. The minimum absolute atomic E-state index is 0.316. The lowest BCUT2D eigenvalue weighted by atomic mass is 10.3. The summed E-state index contributed by atoms with van der Waals surface area (Å²) in [5.41, 5.74) is 6.37. The molecule has 0 atom stereocenters. The molecule has 0 saturated carbocycles. The van der Waals surface area contributed by atoms with Crippen LogP contribution in [0.1, 0.15) is 11.6 Å². The number of pyridine rings is 1. The van der Waals surface area contributed by atoms with E-state index in [-0.39, 0.29) is 0 Å². The molecule has 5 heteroatoms. The second-order valence-electron chi connectivity index (χ2n) is 3.07. The highest BCUT2D eigenvalue weighted by Gasteiger charge is 2.04. The highest BCUT2D eigenvalue weighted by Crippen LogP contribution is 2.12. The van der Waals surface area contributed by atoms with E-state index in [1.165, 1.54) is 0 Å². The molecule has 2 aromatic rings. The maximum Gasteiger partial charge on any atom is 0.164 e. The zero-order valence-electron chi connectivity index (χ0n) is 8.38. The van der Waals surface area contributed by atoms with Crippen LogP contribution in [-0.4, -0.2) is 19.9 Å². The van der Waals surface area contributed by atoms with Crippen molar-refractivity contribution in [3.05, 3.63) is 36.2 Å². The summed E-state index contributed by atoms with van der Waals surface area (Å²) in [7, 11) is 0. The van der Waals surface area contributed by atoms with E-state index >= 15 is 0 Å². The van der Waals surface area contributed by atoms with Crippen LogP contribution >= 0.6 is 0 Å². The van der Waals surface area contributed by atoms with E-state index in [4.69, 9.17) is 5.73 Å². The lowest BCUT2D eigenvalue weighted by Gasteiger charge is -2.02. The fourth-order valence-electron chi connectivity index (χ4n) is 1.25. The minimum atomic E-state index is 0.316. The Bertz CT molecular complexity index is 455. The second kappa shape index (κ2) is 4.10. The van der Waals surface area contributed by atoms with Crippen molar-refractivity contribution in [3.63, 3.8) is 0 Å². The number of hydrogen-bond acceptors (Lipinski definition) is 5. The molecule has 0 saturated heterocycles. The molecule has 0 aliphatic carbocycles. The average molecular weight is 201 g/mol. The van der Waals surface area contributed by atoms with Gasteiger partial charge in [-0.1, -0.05) is 0 Å². The van der Waals surface area contributed by atoms with Crippen molar-refractivity contribution in [2.75, 3.05) is 0 Å². The van der Waals surface area contributed by atoms with Gasteiger partial charge in [-0.2, -0.15) is 0 Å².